The molecular weight excluding hydrogens is 352 g/mol. The Morgan fingerprint density at radius 3 is 2.71 bits per heavy atom. The number of amides is 1. The van der Waals surface area contributed by atoms with Crippen LogP contribution in [0.25, 0.3) is 16.6 Å². The lowest BCUT2D eigenvalue weighted by atomic mass is 10.1. The number of pyridine rings is 1. The van der Waals surface area contributed by atoms with Crippen LogP contribution >= 0.6 is 0 Å². The number of hydrogen-bond donors (Lipinski definition) is 1. The van der Waals surface area contributed by atoms with E-state index in [1.165, 1.54) is 0 Å². The first-order valence-electron chi connectivity index (χ1n) is 9.01. The van der Waals surface area contributed by atoms with Crippen molar-refractivity contribution in [2.24, 2.45) is 0 Å². The first-order valence-corrected chi connectivity index (χ1v) is 9.01. The number of benzene rings is 2. The third kappa shape index (κ3) is 3.86. The number of rotatable bonds is 6. The van der Waals surface area contributed by atoms with E-state index >= 15 is 0 Å². The average Bonchev–Trinajstić information content (AvgIpc) is 3.22. The molecule has 1 amide bonds. The minimum absolute atomic E-state index is 0.0582. The quantitative estimate of drug-likeness (QED) is 0.564. The highest BCUT2D eigenvalue weighted by Gasteiger charge is 2.09. The van der Waals surface area contributed by atoms with Gasteiger partial charge in [-0.2, -0.15) is 5.10 Å². The van der Waals surface area contributed by atoms with Crippen LogP contribution in [0.5, 0.6) is 5.75 Å². The van der Waals surface area contributed by atoms with Gasteiger partial charge in [0.25, 0.3) is 0 Å². The van der Waals surface area contributed by atoms with Crippen LogP contribution in [-0.2, 0) is 17.8 Å². The van der Waals surface area contributed by atoms with Gasteiger partial charge in [0.1, 0.15) is 5.75 Å². The molecule has 140 valence electrons. The molecule has 0 saturated carbocycles. The number of hydrogen-bond acceptors (Lipinski definition) is 4. The molecule has 0 bridgehead atoms. The van der Waals surface area contributed by atoms with Crippen molar-refractivity contribution in [3.63, 3.8) is 0 Å². The summed E-state index contributed by atoms with van der Waals surface area (Å²) in [7, 11) is 1.64. The summed E-state index contributed by atoms with van der Waals surface area (Å²) in [5, 5.41) is 8.48. The van der Waals surface area contributed by atoms with Gasteiger partial charge in [0.05, 0.1) is 37.0 Å². The average molecular weight is 372 g/mol. The van der Waals surface area contributed by atoms with Crippen LogP contribution in [0, 0.1) is 0 Å². The molecule has 0 fully saturated rings. The Morgan fingerprint density at radius 2 is 1.89 bits per heavy atom. The maximum atomic E-state index is 12.4. The van der Waals surface area contributed by atoms with E-state index < -0.39 is 0 Å². The van der Waals surface area contributed by atoms with Gasteiger partial charge in [-0.15, -0.1) is 0 Å². The fraction of sp³-hybridized carbons (Fsp3) is 0.136. The maximum Gasteiger partial charge on any atom is 0.224 e. The Bertz CT molecular complexity index is 1100. The van der Waals surface area contributed by atoms with E-state index in [9.17, 15) is 4.79 Å². The minimum atomic E-state index is -0.0582. The Hall–Kier alpha value is -3.67. The maximum absolute atomic E-state index is 12.4. The molecule has 4 rings (SSSR count). The summed E-state index contributed by atoms with van der Waals surface area (Å²) in [5.74, 6) is 0.739. The molecule has 28 heavy (non-hydrogen) atoms. The van der Waals surface area contributed by atoms with Crippen molar-refractivity contribution in [3.8, 4) is 11.4 Å². The number of carbonyl (C=O) groups excluding carboxylic acids is 1. The highest BCUT2D eigenvalue weighted by Crippen LogP contribution is 2.17. The molecule has 0 atom stereocenters. The molecule has 0 aliphatic heterocycles. The zero-order valence-electron chi connectivity index (χ0n) is 15.5. The Morgan fingerprint density at radius 1 is 1.07 bits per heavy atom. The van der Waals surface area contributed by atoms with E-state index in [-0.39, 0.29) is 12.3 Å². The number of fused-ring (bicyclic) bond motifs is 1. The van der Waals surface area contributed by atoms with Crippen LogP contribution < -0.4 is 10.1 Å². The number of ether oxygens (including phenoxy) is 1. The first-order chi connectivity index (χ1) is 13.7. The van der Waals surface area contributed by atoms with Crippen molar-refractivity contribution in [1.29, 1.82) is 0 Å². The van der Waals surface area contributed by atoms with Crippen molar-refractivity contribution in [2.75, 3.05) is 7.11 Å². The summed E-state index contributed by atoms with van der Waals surface area (Å²) in [6.45, 7) is 0.375. The van der Waals surface area contributed by atoms with Crippen molar-refractivity contribution in [3.05, 3.63) is 84.3 Å². The molecule has 0 aliphatic carbocycles. The lowest BCUT2D eigenvalue weighted by Gasteiger charge is -2.06. The topological polar surface area (TPSA) is 69.0 Å². The van der Waals surface area contributed by atoms with Gasteiger partial charge in [0.15, 0.2) is 0 Å². The summed E-state index contributed by atoms with van der Waals surface area (Å²) in [4.78, 5) is 16.8. The van der Waals surface area contributed by atoms with E-state index in [4.69, 9.17) is 4.74 Å². The van der Waals surface area contributed by atoms with Gasteiger partial charge in [0.2, 0.25) is 5.91 Å². The fourth-order valence-electron chi connectivity index (χ4n) is 3.07. The molecule has 0 unspecified atom stereocenters. The number of aromatic nitrogens is 3. The number of nitrogens with one attached hydrogen (secondary N) is 1. The molecule has 0 saturated heterocycles. The summed E-state index contributed by atoms with van der Waals surface area (Å²) in [5.41, 5.74) is 3.50. The van der Waals surface area contributed by atoms with Crippen molar-refractivity contribution in [2.45, 2.75) is 13.0 Å². The van der Waals surface area contributed by atoms with E-state index in [2.05, 4.69) is 15.4 Å². The van der Waals surface area contributed by atoms with Gasteiger partial charge >= 0.3 is 0 Å². The highest BCUT2D eigenvalue weighted by atomic mass is 16.5. The molecule has 2 aromatic carbocycles. The Kier molecular flexibility index (Phi) is 5.01. The third-order valence-corrected chi connectivity index (χ3v) is 4.52. The van der Waals surface area contributed by atoms with Crippen LogP contribution in [0.3, 0.4) is 0 Å². The van der Waals surface area contributed by atoms with Crippen LogP contribution in [0.4, 0.5) is 0 Å². The predicted molar refractivity (Wildman–Crippen MR) is 107 cm³/mol. The van der Waals surface area contributed by atoms with Crippen molar-refractivity contribution < 1.29 is 9.53 Å². The van der Waals surface area contributed by atoms with E-state index in [0.29, 0.717) is 6.54 Å². The fourth-order valence-corrected chi connectivity index (χ4v) is 3.07. The molecule has 1 N–H and O–H groups in total. The second-order valence-corrected chi connectivity index (χ2v) is 6.40. The SMILES string of the molecule is COc1ccc(-n2ccc(CNC(=O)Cc3cccc4cccnc34)n2)cc1. The van der Waals surface area contributed by atoms with Gasteiger partial charge < -0.3 is 10.1 Å². The molecule has 0 aliphatic rings. The summed E-state index contributed by atoms with van der Waals surface area (Å²) in [6.07, 6.45) is 3.90. The molecule has 0 spiro atoms. The van der Waals surface area contributed by atoms with Gasteiger partial charge in [-0.05, 0) is 42.0 Å². The smallest absolute Gasteiger partial charge is 0.224 e. The first kappa shape index (κ1) is 17.7. The monoisotopic (exact) mass is 372 g/mol. The van der Waals surface area contributed by atoms with Crippen molar-refractivity contribution >= 4 is 16.8 Å². The molecule has 6 nitrogen and oxygen atoms in total. The van der Waals surface area contributed by atoms with Gasteiger partial charge in [-0.3, -0.25) is 9.78 Å². The molecular formula is C22H20N4O2. The van der Waals surface area contributed by atoms with Gasteiger partial charge in [0, 0.05) is 17.8 Å². The zero-order chi connectivity index (χ0) is 19.3. The third-order valence-electron chi connectivity index (χ3n) is 4.52. The molecule has 2 aromatic heterocycles. The van der Waals surface area contributed by atoms with Crippen LogP contribution in [0.1, 0.15) is 11.3 Å². The Balaban J connectivity index is 1.39. The van der Waals surface area contributed by atoms with Gasteiger partial charge in [-0.1, -0.05) is 24.3 Å². The number of nitrogens with zero attached hydrogens (tertiary/aromatic N) is 3. The van der Waals surface area contributed by atoms with Crippen LogP contribution in [-0.4, -0.2) is 27.8 Å². The second-order valence-electron chi connectivity index (χ2n) is 6.40. The zero-order valence-corrected chi connectivity index (χ0v) is 15.5. The van der Waals surface area contributed by atoms with Gasteiger partial charge in [-0.25, -0.2) is 4.68 Å². The summed E-state index contributed by atoms with van der Waals surface area (Å²) < 4.78 is 6.94. The largest absolute Gasteiger partial charge is 0.497 e. The molecule has 0 radical (unpaired) electrons. The van der Waals surface area contributed by atoms with Crippen molar-refractivity contribution in [1.82, 2.24) is 20.1 Å². The number of carbonyl (C=O) groups is 1. The van der Waals surface area contributed by atoms with E-state index in [0.717, 1.165) is 33.6 Å². The number of methoxy groups -OCH3 is 1. The highest BCUT2D eigenvalue weighted by molar-refractivity contribution is 5.87. The van der Waals surface area contributed by atoms with E-state index in [1.807, 2.05) is 66.9 Å². The molecule has 6 heteroatoms. The van der Waals surface area contributed by atoms with E-state index in [1.54, 1.807) is 18.0 Å². The second kappa shape index (κ2) is 7.92. The lowest BCUT2D eigenvalue weighted by molar-refractivity contribution is -0.120. The normalized spacial score (nSPS) is 10.8. The summed E-state index contributed by atoms with van der Waals surface area (Å²) in [6, 6.07) is 19.3. The van der Waals surface area contributed by atoms with Crippen LogP contribution in [0.2, 0.25) is 0 Å². The minimum Gasteiger partial charge on any atom is -0.497 e. The summed E-state index contributed by atoms with van der Waals surface area (Å²) >= 11 is 0. The standard InChI is InChI=1S/C22H20N4O2/c1-28-20-9-7-19(8-10-20)26-13-11-18(25-26)15-24-21(27)14-17-5-2-4-16-6-3-12-23-22(16)17/h2-13H,14-15H2,1H3,(H,24,27). The Labute approximate surface area is 162 Å². The molecule has 2 heterocycles. The molecule has 4 aromatic rings. The lowest BCUT2D eigenvalue weighted by Crippen LogP contribution is -2.25. The number of para-hydroxylation sites is 1. The predicted octanol–water partition coefficient (Wildman–Crippen LogP) is 3.29. The van der Waals surface area contributed by atoms with Crippen LogP contribution in [0.15, 0.2) is 73.1 Å².